The molecule has 4 nitrogen and oxygen atoms in total. The summed E-state index contributed by atoms with van der Waals surface area (Å²) in [5.74, 6) is 0. The van der Waals surface area contributed by atoms with Gasteiger partial charge in [0.1, 0.15) is 5.54 Å². The van der Waals surface area contributed by atoms with Crippen LogP contribution in [0.25, 0.3) is 0 Å². The summed E-state index contributed by atoms with van der Waals surface area (Å²) in [6, 6.07) is 2.08. The van der Waals surface area contributed by atoms with Crippen molar-refractivity contribution in [3.8, 4) is 6.07 Å². The summed E-state index contributed by atoms with van der Waals surface area (Å²) < 4.78 is 24.3. The Morgan fingerprint density at radius 2 is 1.79 bits per heavy atom. The predicted octanol–water partition coefficient (Wildman–Crippen LogP) is 1.10. The van der Waals surface area contributed by atoms with E-state index < -0.39 is 20.3 Å². The Kier molecular flexibility index (Phi) is 2.41. The highest BCUT2D eigenvalue weighted by molar-refractivity contribution is 7.90. The van der Waals surface area contributed by atoms with Crippen LogP contribution in [0.3, 0.4) is 0 Å². The molecule has 0 radical (unpaired) electrons. The minimum absolute atomic E-state index is 0.648. The molecule has 0 aliphatic heterocycles. The molecule has 0 unspecified atom stereocenters. The molecule has 1 rings (SSSR count). The molecule has 0 saturated heterocycles. The summed E-state index contributed by atoms with van der Waals surface area (Å²) in [6.07, 6.45) is 1.30. The number of nitriles is 1. The van der Waals surface area contributed by atoms with Crippen LogP contribution in [0.4, 0.5) is 0 Å². The Balaban J connectivity index is 3.03. The van der Waals surface area contributed by atoms with Gasteiger partial charge in [0.15, 0.2) is 0 Å². The minimum atomic E-state index is -3.37. The van der Waals surface area contributed by atoms with Crippen LogP contribution in [0.1, 0.15) is 33.6 Å². The fraction of sp³-hybridized carbons (Fsp3) is 0.889. The van der Waals surface area contributed by atoms with Gasteiger partial charge in [-0.05, 0) is 33.6 Å². The van der Waals surface area contributed by atoms with E-state index in [0.29, 0.717) is 12.8 Å². The van der Waals surface area contributed by atoms with Crippen LogP contribution in [0.2, 0.25) is 0 Å². The van der Waals surface area contributed by atoms with Crippen molar-refractivity contribution >= 4 is 10.0 Å². The van der Waals surface area contributed by atoms with E-state index in [1.165, 1.54) is 11.4 Å². The Morgan fingerprint density at radius 3 is 2.00 bits per heavy atom. The van der Waals surface area contributed by atoms with Gasteiger partial charge in [0.2, 0.25) is 10.0 Å². The maximum absolute atomic E-state index is 12.0. The monoisotopic (exact) mass is 216 g/mol. The zero-order chi connectivity index (χ0) is 11.2. The molecule has 0 spiro atoms. The molecular formula is C9H16N2O2S. The fourth-order valence-electron chi connectivity index (χ4n) is 1.26. The van der Waals surface area contributed by atoms with E-state index in [2.05, 4.69) is 6.07 Å². The molecule has 80 valence electrons. The zero-order valence-corrected chi connectivity index (χ0v) is 9.85. The van der Waals surface area contributed by atoms with Crippen molar-refractivity contribution in [2.24, 2.45) is 0 Å². The van der Waals surface area contributed by atoms with Gasteiger partial charge in [-0.2, -0.15) is 9.57 Å². The summed E-state index contributed by atoms with van der Waals surface area (Å²) in [5, 5.41) is 8.90. The minimum Gasteiger partial charge on any atom is -0.212 e. The molecule has 0 aromatic carbocycles. The highest BCUT2D eigenvalue weighted by Crippen LogP contribution is 2.43. The molecule has 5 heteroatoms. The second-order valence-corrected chi connectivity index (χ2v) is 7.45. The molecule has 0 amide bonds. The standard InChI is InChI=1S/C9H16N2O2S/c1-8(2,3)14(12,13)11(4)9(7-10)5-6-9/h5-6H2,1-4H3. The summed E-state index contributed by atoms with van der Waals surface area (Å²) in [6.45, 7) is 4.94. The molecule has 0 bridgehead atoms. The van der Waals surface area contributed by atoms with E-state index in [1.54, 1.807) is 20.8 Å². The van der Waals surface area contributed by atoms with E-state index in [1.807, 2.05) is 0 Å². The van der Waals surface area contributed by atoms with Crippen LogP contribution in [0.15, 0.2) is 0 Å². The first kappa shape index (κ1) is 11.5. The molecular weight excluding hydrogens is 200 g/mol. The van der Waals surface area contributed by atoms with Gasteiger partial charge in [0, 0.05) is 7.05 Å². The molecule has 0 atom stereocenters. The maximum atomic E-state index is 12.0. The molecule has 14 heavy (non-hydrogen) atoms. The van der Waals surface area contributed by atoms with Gasteiger partial charge >= 0.3 is 0 Å². The highest BCUT2D eigenvalue weighted by atomic mass is 32.2. The quantitative estimate of drug-likeness (QED) is 0.694. The van der Waals surface area contributed by atoms with Crippen LogP contribution < -0.4 is 0 Å². The van der Waals surface area contributed by atoms with Gasteiger partial charge in [0.25, 0.3) is 0 Å². The number of nitrogens with zero attached hydrogens (tertiary/aromatic N) is 2. The third-order valence-electron chi connectivity index (χ3n) is 2.67. The summed E-state index contributed by atoms with van der Waals surface area (Å²) in [5.41, 5.74) is -0.758. The van der Waals surface area contributed by atoms with Crippen molar-refractivity contribution < 1.29 is 8.42 Å². The number of sulfonamides is 1. The first-order valence-electron chi connectivity index (χ1n) is 4.57. The largest absolute Gasteiger partial charge is 0.220 e. The van der Waals surface area contributed by atoms with Crippen molar-refractivity contribution in [2.45, 2.75) is 43.9 Å². The first-order chi connectivity index (χ1) is 6.17. The summed E-state index contributed by atoms with van der Waals surface area (Å²) >= 11 is 0. The van der Waals surface area contributed by atoms with E-state index in [9.17, 15) is 8.42 Å². The smallest absolute Gasteiger partial charge is 0.212 e. The van der Waals surface area contributed by atoms with Crippen molar-refractivity contribution in [3.05, 3.63) is 0 Å². The van der Waals surface area contributed by atoms with Gasteiger partial charge in [-0.15, -0.1) is 0 Å². The van der Waals surface area contributed by atoms with Crippen LogP contribution in [0, 0.1) is 11.3 Å². The highest BCUT2D eigenvalue weighted by Gasteiger charge is 2.54. The Bertz CT molecular complexity index is 369. The van der Waals surface area contributed by atoms with Gasteiger partial charge in [0.05, 0.1) is 10.8 Å². The van der Waals surface area contributed by atoms with Crippen molar-refractivity contribution in [3.63, 3.8) is 0 Å². The topological polar surface area (TPSA) is 61.2 Å². The van der Waals surface area contributed by atoms with Crippen LogP contribution in [0.5, 0.6) is 0 Å². The molecule has 1 fully saturated rings. The van der Waals surface area contributed by atoms with E-state index in [0.717, 1.165) is 0 Å². The second kappa shape index (κ2) is 2.94. The molecule has 1 aliphatic rings. The van der Waals surface area contributed by atoms with E-state index >= 15 is 0 Å². The average Bonchev–Trinajstić information content (AvgIpc) is 2.81. The third kappa shape index (κ3) is 1.53. The Labute approximate surface area is 85.6 Å². The molecule has 0 aromatic rings. The lowest BCUT2D eigenvalue weighted by atomic mass is 10.3. The van der Waals surface area contributed by atoms with Gasteiger partial charge in [-0.1, -0.05) is 0 Å². The number of hydrogen-bond donors (Lipinski definition) is 0. The molecule has 0 aromatic heterocycles. The van der Waals surface area contributed by atoms with Crippen LogP contribution in [-0.4, -0.2) is 30.1 Å². The van der Waals surface area contributed by atoms with E-state index in [4.69, 9.17) is 5.26 Å². The van der Waals surface area contributed by atoms with Crippen molar-refractivity contribution in [1.29, 1.82) is 5.26 Å². The van der Waals surface area contributed by atoms with Gasteiger partial charge < -0.3 is 0 Å². The second-order valence-electron chi connectivity index (χ2n) is 4.73. The lowest BCUT2D eigenvalue weighted by Gasteiger charge is -2.29. The Hall–Kier alpha value is -0.600. The third-order valence-corrected chi connectivity index (χ3v) is 5.29. The number of hydrogen-bond acceptors (Lipinski definition) is 3. The molecule has 0 N–H and O–H groups in total. The van der Waals surface area contributed by atoms with Crippen molar-refractivity contribution in [1.82, 2.24) is 4.31 Å². The molecule has 1 saturated carbocycles. The SMILES string of the molecule is CN(C1(C#N)CC1)S(=O)(=O)C(C)(C)C. The van der Waals surface area contributed by atoms with E-state index in [-0.39, 0.29) is 0 Å². The summed E-state index contributed by atoms with van der Waals surface area (Å²) in [7, 11) is -1.88. The molecule has 0 heterocycles. The van der Waals surface area contributed by atoms with Crippen molar-refractivity contribution in [2.75, 3.05) is 7.05 Å². The predicted molar refractivity (Wildman–Crippen MR) is 54.0 cm³/mol. The molecule has 1 aliphatic carbocycles. The lowest BCUT2D eigenvalue weighted by molar-refractivity contribution is 0.393. The normalized spacial score (nSPS) is 20.6. The van der Waals surface area contributed by atoms with Crippen LogP contribution >= 0.6 is 0 Å². The number of rotatable bonds is 2. The Morgan fingerprint density at radius 1 is 1.36 bits per heavy atom. The summed E-state index contributed by atoms with van der Waals surface area (Å²) in [4.78, 5) is 0. The van der Waals surface area contributed by atoms with Crippen LogP contribution in [-0.2, 0) is 10.0 Å². The fourth-order valence-corrected chi connectivity index (χ4v) is 2.76. The van der Waals surface area contributed by atoms with Gasteiger partial charge in [-0.3, -0.25) is 0 Å². The average molecular weight is 216 g/mol. The van der Waals surface area contributed by atoms with Gasteiger partial charge in [-0.25, -0.2) is 8.42 Å². The zero-order valence-electron chi connectivity index (χ0n) is 9.03. The lowest BCUT2D eigenvalue weighted by Crippen LogP contribution is -2.46. The maximum Gasteiger partial charge on any atom is 0.220 e. The first-order valence-corrected chi connectivity index (χ1v) is 6.01.